The summed E-state index contributed by atoms with van der Waals surface area (Å²) in [5.74, 6) is -5.51. The number of nitrogens with one attached hydrogen (secondary N) is 7. The Hall–Kier alpha value is -6.96. The summed E-state index contributed by atoms with van der Waals surface area (Å²) in [5.41, 5.74) is 0.899. The number of fused-ring (bicyclic) bond motifs is 5. The van der Waals surface area contributed by atoms with Crippen LogP contribution >= 0.6 is 0 Å². The van der Waals surface area contributed by atoms with Crippen LogP contribution in [-0.2, 0) is 68.2 Å². The van der Waals surface area contributed by atoms with Gasteiger partial charge in [-0.25, -0.2) is 19.6 Å². The number of rotatable bonds is 20. The number of H-pyrrole nitrogens is 1. The van der Waals surface area contributed by atoms with Gasteiger partial charge in [0, 0.05) is 34.8 Å². The molecule has 0 saturated carbocycles. The Kier molecular flexibility index (Phi) is 15.8. The molecule has 3 aliphatic heterocycles. The molecule has 374 valence electrons. The number of esters is 2. The van der Waals surface area contributed by atoms with E-state index < -0.39 is 89.4 Å². The van der Waals surface area contributed by atoms with Crippen molar-refractivity contribution in [3.05, 3.63) is 81.7 Å². The van der Waals surface area contributed by atoms with Crippen LogP contribution in [0.2, 0.25) is 0 Å². The number of aromatic amines is 1. The van der Waals surface area contributed by atoms with E-state index in [1.54, 1.807) is 31.4 Å². The van der Waals surface area contributed by atoms with E-state index in [-0.39, 0.29) is 61.3 Å². The number of para-hydroxylation sites is 1. The van der Waals surface area contributed by atoms with Crippen molar-refractivity contribution in [2.75, 3.05) is 13.1 Å². The minimum absolute atomic E-state index is 0.0576. The summed E-state index contributed by atoms with van der Waals surface area (Å²) >= 11 is 0. The molecular weight excluding hydrogens is 901 g/mol. The number of ether oxygens (including phenoxy) is 2. The van der Waals surface area contributed by atoms with Gasteiger partial charge < -0.3 is 50.9 Å². The van der Waals surface area contributed by atoms with E-state index in [9.17, 15) is 38.4 Å². The minimum Gasteiger partial charge on any atom is -0.457 e. The van der Waals surface area contributed by atoms with Crippen molar-refractivity contribution in [3.8, 4) is 11.4 Å². The molecule has 1 aromatic carbocycles. The second-order valence-electron chi connectivity index (χ2n) is 19.6. The summed E-state index contributed by atoms with van der Waals surface area (Å²) in [5, 5.41) is 17.6. The summed E-state index contributed by atoms with van der Waals surface area (Å²) in [7, 11) is 0. The van der Waals surface area contributed by atoms with Crippen molar-refractivity contribution in [2.24, 2.45) is 17.8 Å². The summed E-state index contributed by atoms with van der Waals surface area (Å²) in [6.45, 7) is 12.7. The van der Waals surface area contributed by atoms with E-state index in [2.05, 4.69) is 41.9 Å². The molecule has 0 unspecified atom stereocenters. The highest BCUT2D eigenvalue weighted by molar-refractivity contribution is 5.96. The number of hydrogen-bond acceptors (Lipinski definition) is 13. The van der Waals surface area contributed by atoms with Gasteiger partial charge in [-0.1, -0.05) is 66.7 Å². The average molecular weight is 965 g/mol. The van der Waals surface area contributed by atoms with Crippen molar-refractivity contribution in [1.82, 2.24) is 51.4 Å². The molecule has 0 radical (unpaired) electrons. The number of hydrogen-bond donors (Lipinski definition) is 7. The highest BCUT2D eigenvalue weighted by atomic mass is 16.6. The molecule has 6 atom stereocenters. The molecule has 6 heterocycles. The van der Waals surface area contributed by atoms with E-state index in [4.69, 9.17) is 14.5 Å². The normalized spacial score (nSPS) is 18.8. The second-order valence-corrected chi connectivity index (χ2v) is 19.6. The predicted molar refractivity (Wildman–Crippen MR) is 256 cm³/mol. The van der Waals surface area contributed by atoms with Crippen molar-refractivity contribution in [3.63, 3.8) is 0 Å². The molecule has 3 aliphatic rings. The quantitative estimate of drug-likeness (QED) is 0.0552. The maximum Gasteiger partial charge on any atom is 0.355 e. The maximum absolute atomic E-state index is 14.5. The molecule has 70 heavy (non-hydrogen) atoms. The van der Waals surface area contributed by atoms with Crippen LogP contribution in [-0.4, -0.2) is 104 Å². The first-order valence-electron chi connectivity index (χ1n) is 24.1. The third-order valence-corrected chi connectivity index (χ3v) is 13.0. The van der Waals surface area contributed by atoms with Gasteiger partial charge in [-0.3, -0.25) is 28.8 Å². The van der Waals surface area contributed by atoms with Gasteiger partial charge in [0.1, 0.15) is 30.8 Å². The van der Waals surface area contributed by atoms with Gasteiger partial charge >= 0.3 is 11.9 Å². The third-order valence-electron chi connectivity index (χ3n) is 13.0. The van der Waals surface area contributed by atoms with Crippen LogP contribution in [0.3, 0.4) is 0 Å². The monoisotopic (exact) mass is 964 g/mol. The first kappa shape index (κ1) is 50.9. The molecule has 4 aromatic rings. The molecule has 20 nitrogen and oxygen atoms in total. The van der Waals surface area contributed by atoms with Gasteiger partial charge in [0.15, 0.2) is 0 Å². The van der Waals surface area contributed by atoms with Gasteiger partial charge in [0.25, 0.3) is 5.56 Å². The van der Waals surface area contributed by atoms with E-state index in [0.29, 0.717) is 36.5 Å². The third kappa shape index (κ3) is 11.2. The number of aromatic nitrogens is 4. The highest BCUT2D eigenvalue weighted by Gasteiger charge is 2.51. The first-order chi connectivity index (χ1) is 33.4. The van der Waals surface area contributed by atoms with E-state index >= 15 is 0 Å². The molecule has 7 N–H and O–H groups in total. The first-order valence-corrected chi connectivity index (χ1v) is 24.1. The zero-order valence-corrected chi connectivity index (χ0v) is 40.7. The molecule has 1 saturated heterocycles. The molecule has 1 fully saturated rings. The number of cyclic esters (lactones) is 1. The van der Waals surface area contributed by atoms with Crippen molar-refractivity contribution >= 4 is 52.4 Å². The van der Waals surface area contributed by atoms with Crippen LogP contribution in [0, 0.1) is 17.8 Å². The minimum atomic E-state index is -2.06. The van der Waals surface area contributed by atoms with Crippen molar-refractivity contribution in [1.29, 1.82) is 0 Å². The Bertz CT molecular complexity index is 2690. The van der Waals surface area contributed by atoms with Gasteiger partial charge in [0.2, 0.25) is 35.1 Å². The number of carbonyl (C=O) groups is 7. The zero-order valence-electron chi connectivity index (χ0n) is 40.7. The van der Waals surface area contributed by atoms with Crippen LogP contribution < -0.4 is 37.5 Å². The van der Waals surface area contributed by atoms with Crippen molar-refractivity contribution < 1.29 is 43.0 Å². The largest absolute Gasteiger partial charge is 0.457 e. The van der Waals surface area contributed by atoms with Gasteiger partial charge in [-0.05, 0) is 74.6 Å². The van der Waals surface area contributed by atoms with Crippen LogP contribution in [0.25, 0.3) is 22.3 Å². The second kappa shape index (κ2) is 21.8. The lowest BCUT2D eigenvalue weighted by Crippen LogP contribution is -2.59. The van der Waals surface area contributed by atoms with Crippen LogP contribution in [0.5, 0.6) is 0 Å². The molecule has 0 spiro atoms. The Labute approximate surface area is 405 Å². The topological polar surface area (TPSA) is 274 Å². The lowest BCUT2D eigenvalue weighted by molar-refractivity contribution is -0.191. The van der Waals surface area contributed by atoms with E-state index in [0.717, 1.165) is 22.9 Å². The number of nitrogens with zero attached hydrogens (tertiary/aromatic N) is 3. The van der Waals surface area contributed by atoms with Crippen LogP contribution in [0.4, 0.5) is 0 Å². The average Bonchev–Trinajstić information content (AvgIpc) is 4.12. The predicted octanol–water partition coefficient (Wildman–Crippen LogP) is 2.15. The molecule has 0 aliphatic carbocycles. The molecule has 3 aromatic heterocycles. The smallest absolute Gasteiger partial charge is 0.355 e. The lowest BCUT2D eigenvalue weighted by atomic mass is 9.85. The summed E-state index contributed by atoms with van der Waals surface area (Å²) in [6, 6.07) is 6.09. The summed E-state index contributed by atoms with van der Waals surface area (Å²) in [4.78, 5) is 122. The van der Waals surface area contributed by atoms with Gasteiger partial charge in [-0.15, -0.1) is 0 Å². The Morgan fingerprint density at radius 1 is 0.900 bits per heavy atom. The molecule has 20 heteroatoms. The Morgan fingerprint density at radius 3 is 2.27 bits per heavy atom. The standard InChI is InChI=1S/C50H64N10O10/c1-8-50(33-20-39-42-30(18-29-12-9-10-13-34(29)56-42)23-60(39)47(66)32(33)24-69-49(50)68)70-48(67)41(28(6)7)59-46(65)38(19-31-21-51-25-54-31)58-45(64)37(17-27(4)5)55-40(61)22-53-43(62)36(16-26(2)3)57-44(63)35-14-11-15-52-35/h9-10,12-13,18,20-21,25-28,35-38,41,52H,8,11,14-17,19,22-24H2,1-7H3,(H,51,54)(H,53,62)(H,55,61)(H,57,63)(H,58,64)(H,59,65)/t35-,36-,37-,38-,41-,50-/m0/s1. The molecule has 5 amide bonds. The Morgan fingerprint density at radius 2 is 1.61 bits per heavy atom. The molecule has 7 rings (SSSR count). The fraction of sp³-hybridized carbons (Fsp3) is 0.520. The maximum atomic E-state index is 14.5. The van der Waals surface area contributed by atoms with Gasteiger partial charge in [0.05, 0.1) is 47.9 Å². The number of pyridine rings is 2. The lowest BCUT2D eigenvalue weighted by Gasteiger charge is -2.37. The van der Waals surface area contributed by atoms with E-state index in [1.165, 1.54) is 12.5 Å². The summed E-state index contributed by atoms with van der Waals surface area (Å²) < 4.78 is 13.3. The summed E-state index contributed by atoms with van der Waals surface area (Å²) in [6.07, 6.45) is 4.67. The van der Waals surface area contributed by atoms with E-state index in [1.807, 2.05) is 58.0 Å². The number of benzene rings is 1. The SMILES string of the molecule is CC[C@@]1(OC(=O)[C@@H](NC(=O)[C@H](Cc2cnc[nH]2)NC(=O)[C@H](CC(C)C)NC(=O)CNC(=O)[C@H](CC(C)C)NC(=O)[C@@H]2CCCN2)C(C)C)C(=O)OCc2c1cc1n(c2=O)Cc2cc3ccccc3nc2-1. The number of carbonyl (C=O) groups excluding carboxylic acids is 7. The number of amides is 5. The Balaban J connectivity index is 1.07. The van der Waals surface area contributed by atoms with Crippen molar-refractivity contribution in [2.45, 2.75) is 136 Å². The van der Waals surface area contributed by atoms with Crippen LogP contribution in [0.15, 0.2) is 53.7 Å². The zero-order chi connectivity index (χ0) is 50.4. The molecular formula is C50H64N10O10. The number of imidazole rings is 1. The van der Waals surface area contributed by atoms with Crippen LogP contribution in [0.1, 0.15) is 103 Å². The fourth-order valence-corrected chi connectivity index (χ4v) is 9.29. The fourth-order valence-electron chi connectivity index (χ4n) is 9.29. The highest BCUT2D eigenvalue weighted by Crippen LogP contribution is 2.41. The molecule has 0 bridgehead atoms. The van der Waals surface area contributed by atoms with Gasteiger partial charge in [-0.2, -0.15) is 0 Å².